The molecule has 0 bridgehead atoms. The van der Waals surface area contributed by atoms with Crippen molar-refractivity contribution in [3.05, 3.63) is 60.7 Å². The van der Waals surface area contributed by atoms with Crippen molar-refractivity contribution in [1.29, 1.82) is 0 Å². The molecule has 3 aromatic heterocycles. The Morgan fingerprint density at radius 2 is 1.36 bits per heavy atom. The summed E-state index contributed by atoms with van der Waals surface area (Å²) in [5.41, 5.74) is 2.00. The van der Waals surface area contributed by atoms with Gasteiger partial charge in [0.05, 0.1) is 0 Å². The Morgan fingerprint density at radius 3 is 2.28 bits per heavy atom. The van der Waals surface area contributed by atoms with E-state index in [0.29, 0.717) is 0 Å². The van der Waals surface area contributed by atoms with Gasteiger partial charge in [-0.05, 0) is 35.7 Å². The minimum atomic E-state index is 0.982. The molecule has 0 fully saturated rings. The van der Waals surface area contributed by atoms with E-state index in [0.717, 1.165) is 11.2 Å². The lowest BCUT2D eigenvalue weighted by atomic mass is 10.0. The Labute approximate surface area is 150 Å². The van der Waals surface area contributed by atoms with Crippen LogP contribution in [0.1, 0.15) is 0 Å². The van der Waals surface area contributed by atoms with Crippen molar-refractivity contribution in [1.82, 2.24) is 0 Å². The van der Waals surface area contributed by atoms with E-state index in [-0.39, 0.29) is 0 Å². The average Bonchev–Trinajstić information content (AvgIpc) is 3.13. The van der Waals surface area contributed by atoms with Crippen LogP contribution in [0.15, 0.2) is 65.1 Å². The third-order valence-electron chi connectivity index (χ3n) is 5.23. The minimum absolute atomic E-state index is 0.982. The zero-order valence-electron chi connectivity index (χ0n) is 13.0. The van der Waals surface area contributed by atoms with Gasteiger partial charge in [-0.3, -0.25) is 0 Å². The van der Waals surface area contributed by atoms with Crippen molar-refractivity contribution < 1.29 is 4.42 Å². The lowest BCUT2D eigenvalue weighted by Crippen LogP contribution is -1.75. The van der Waals surface area contributed by atoms with Crippen molar-refractivity contribution >= 4 is 85.0 Å². The van der Waals surface area contributed by atoms with E-state index < -0.39 is 0 Å². The predicted octanol–water partition coefficient (Wildman–Crippen LogP) is 7.76. The SMILES string of the molecule is c1ccc2c(c1)cc1sc3ccc4sc5cccc6oc2c1c3c4c65. The molecule has 7 rings (SSSR count). The molecule has 0 saturated carbocycles. The number of thiophene rings is 2. The summed E-state index contributed by atoms with van der Waals surface area (Å²) in [6.07, 6.45) is 0. The van der Waals surface area contributed by atoms with E-state index in [4.69, 9.17) is 4.42 Å². The molecule has 1 nitrogen and oxygen atoms in total. The summed E-state index contributed by atoms with van der Waals surface area (Å²) in [7, 11) is 0. The van der Waals surface area contributed by atoms with E-state index in [2.05, 4.69) is 60.7 Å². The average molecular weight is 354 g/mol. The fourth-order valence-corrected chi connectivity index (χ4v) is 6.51. The van der Waals surface area contributed by atoms with Gasteiger partial charge in [0.25, 0.3) is 0 Å². The van der Waals surface area contributed by atoms with Crippen LogP contribution in [0.5, 0.6) is 0 Å². The molecule has 25 heavy (non-hydrogen) atoms. The summed E-state index contributed by atoms with van der Waals surface area (Å²) in [5, 5.41) is 7.72. The first-order valence-electron chi connectivity index (χ1n) is 8.28. The van der Waals surface area contributed by atoms with Gasteiger partial charge in [-0.15, -0.1) is 22.7 Å². The number of hydrogen-bond donors (Lipinski definition) is 0. The van der Waals surface area contributed by atoms with Crippen LogP contribution in [-0.2, 0) is 0 Å². The van der Waals surface area contributed by atoms with Crippen molar-refractivity contribution in [2.45, 2.75) is 0 Å². The summed E-state index contributed by atoms with van der Waals surface area (Å²) in [4.78, 5) is 0. The fourth-order valence-electron chi connectivity index (χ4n) is 4.22. The van der Waals surface area contributed by atoms with Crippen molar-refractivity contribution in [2.24, 2.45) is 0 Å². The van der Waals surface area contributed by atoms with Crippen LogP contribution in [0.4, 0.5) is 0 Å². The molecule has 0 aliphatic rings. The highest BCUT2D eigenvalue weighted by molar-refractivity contribution is 7.28. The molecule has 0 atom stereocenters. The number of rotatable bonds is 0. The quantitative estimate of drug-likeness (QED) is 0.271. The molecule has 116 valence electrons. The molecule has 7 aromatic rings. The molecule has 0 aliphatic heterocycles. The Kier molecular flexibility index (Phi) is 2.10. The van der Waals surface area contributed by atoms with Gasteiger partial charge in [0.2, 0.25) is 0 Å². The second kappa shape index (κ2) is 4.13. The molecule has 0 spiro atoms. The molecular weight excluding hydrogens is 344 g/mol. The Bertz CT molecular complexity index is 1590. The maximum absolute atomic E-state index is 6.60. The molecule has 3 heterocycles. The maximum atomic E-state index is 6.60. The summed E-state index contributed by atoms with van der Waals surface area (Å²) in [6, 6.07) is 21.8. The highest BCUT2D eigenvalue weighted by Gasteiger charge is 2.20. The molecule has 0 aliphatic carbocycles. The topological polar surface area (TPSA) is 13.1 Å². The van der Waals surface area contributed by atoms with Crippen LogP contribution in [0.3, 0.4) is 0 Å². The normalized spacial score (nSPS) is 12.8. The van der Waals surface area contributed by atoms with E-state index in [9.17, 15) is 0 Å². The van der Waals surface area contributed by atoms with Crippen LogP contribution in [-0.4, -0.2) is 0 Å². The zero-order valence-corrected chi connectivity index (χ0v) is 14.6. The van der Waals surface area contributed by atoms with Crippen molar-refractivity contribution in [3.8, 4) is 0 Å². The lowest BCUT2D eigenvalue weighted by molar-refractivity contribution is 0.668. The van der Waals surface area contributed by atoms with Gasteiger partial charge in [-0.1, -0.05) is 30.3 Å². The molecule has 3 heteroatoms. The molecule has 0 radical (unpaired) electrons. The van der Waals surface area contributed by atoms with Gasteiger partial charge in [0.1, 0.15) is 11.2 Å². The summed E-state index contributed by atoms with van der Waals surface area (Å²) < 4.78 is 11.9. The molecule has 0 amide bonds. The van der Waals surface area contributed by atoms with Gasteiger partial charge in [0.15, 0.2) is 0 Å². The number of benzene rings is 4. The summed E-state index contributed by atoms with van der Waals surface area (Å²) >= 11 is 3.73. The first-order chi connectivity index (χ1) is 12.4. The number of hydrogen-bond acceptors (Lipinski definition) is 3. The summed E-state index contributed by atoms with van der Waals surface area (Å²) in [5.74, 6) is 0. The van der Waals surface area contributed by atoms with Gasteiger partial charge in [-0.25, -0.2) is 0 Å². The van der Waals surface area contributed by atoms with Gasteiger partial charge in [0, 0.05) is 45.7 Å². The standard InChI is InChI=1S/C22H10OS2/c1-2-5-12-11(4-1)10-17-21-20-16(25-17)9-8-15-19(20)18-13(23-22(12)21)6-3-7-14(18)24-15/h1-10H. The van der Waals surface area contributed by atoms with Crippen molar-refractivity contribution in [3.63, 3.8) is 0 Å². The first kappa shape index (κ1) is 12.7. The van der Waals surface area contributed by atoms with Gasteiger partial charge < -0.3 is 4.42 Å². The molecule has 0 N–H and O–H groups in total. The molecule has 0 unspecified atom stereocenters. The second-order valence-electron chi connectivity index (χ2n) is 6.55. The highest BCUT2D eigenvalue weighted by Crippen LogP contribution is 2.49. The van der Waals surface area contributed by atoms with E-state index in [1.807, 2.05) is 22.7 Å². The molecule has 0 saturated heterocycles. The largest absolute Gasteiger partial charge is 0.455 e. The third kappa shape index (κ3) is 1.41. The van der Waals surface area contributed by atoms with E-state index >= 15 is 0 Å². The van der Waals surface area contributed by atoms with Crippen LogP contribution >= 0.6 is 22.7 Å². The minimum Gasteiger partial charge on any atom is -0.455 e. The lowest BCUT2D eigenvalue weighted by Gasteiger charge is -2.01. The molecule has 4 aromatic carbocycles. The molecular formula is C22H10OS2. The van der Waals surface area contributed by atoms with E-state index in [1.54, 1.807) is 0 Å². The third-order valence-corrected chi connectivity index (χ3v) is 7.46. The Morgan fingerprint density at radius 1 is 0.600 bits per heavy atom. The monoisotopic (exact) mass is 354 g/mol. The van der Waals surface area contributed by atoms with Gasteiger partial charge >= 0.3 is 0 Å². The van der Waals surface area contributed by atoms with Crippen LogP contribution in [0.2, 0.25) is 0 Å². The smallest absolute Gasteiger partial charge is 0.144 e. The van der Waals surface area contributed by atoms with Crippen LogP contribution < -0.4 is 0 Å². The van der Waals surface area contributed by atoms with Crippen LogP contribution in [0, 0.1) is 0 Å². The van der Waals surface area contributed by atoms with E-state index in [1.165, 1.54) is 51.1 Å². The maximum Gasteiger partial charge on any atom is 0.144 e. The van der Waals surface area contributed by atoms with Crippen molar-refractivity contribution in [2.75, 3.05) is 0 Å². The predicted molar refractivity (Wildman–Crippen MR) is 111 cm³/mol. The first-order valence-corrected chi connectivity index (χ1v) is 9.92. The fraction of sp³-hybridized carbons (Fsp3) is 0. The highest BCUT2D eigenvalue weighted by atomic mass is 32.1. The summed E-state index contributed by atoms with van der Waals surface area (Å²) in [6.45, 7) is 0. The Balaban J connectivity index is 2.02. The van der Waals surface area contributed by atoms with Crippen LogP contribution in [0.25, 0.3) is 62.3 Å². The second-order valence-corrected chi connectivity index (χ2v) is 8.71. The Hall–Kier alpha value is -2.62. The van der Waals surface area contributed by atoms with Gasteiger partial charge in [-0.2, -0.15) is 0 Å². The number of fused-ring (bicyclic) bond motifs is 2. The zero-order chi connectivity index (χ0) is 16.1.